The van der Waals surface area contributed by atoms with Gasteiger partial charge in [0.15, 0.2) is 6.10 Å². The number of ether oxygens (including phenoxy) is 2. The van der Waals surface area contributed by atoms with Crippen LogP contribution in [0.15, 0.2) is 60.8 Å². The number of nitrogens with zero attached hydrogens (tertiary/aromatic N) is 1. The minimum atomic E-state index is -4.65. The number of carbonyl (C=O) groups excluding carboxylic acids is 2. The summed E-state index contributed by atoms with van der Waals surface area (Å²) in [5.74, 6) is -0.805. The van der Waals surface area contributed by atoms with E-state index >= 15 is 0 Å². The zero-order valence-corrected chi connectivity index (χ0v) is 71.1. The maximum atomic E-state index is 12.9. The van der Waals surface area contributed by atoms with Gasteiger partial charge in [0.1, 0.15) is 19.8 Å². The average Bonchev–Trinajstić information content (AvgIpc) is 0.915. The van der Waals surface area contributed by atoms with E-state index in [1.165, 1.54) is 379 Å². The van der Waals surface area contributed by atoms with E-state index in [9.17, 15) is 19.0 Å². The lowest BCUT2D eigenvalue weighted by Crippen LogP contribution is -2.37. The highest BCUT2D eigenvalue weighted by Gasteiger charge is 2.22. The Morgan fingerprint density at radius 2 is 0.548 bits per heavy atom. The SMILES string of the molecule is CC/C=C\C/C=C\C/C=C\C/C=C\C/C=C\CCCCCCCCCCCCCCCCCCCCCCCCCC(=O)OC(COC(=O)CCCCCCCCCCCCCCCCCCCCCCCCCCCCCCCCCCCCCCCCCCC)COP(=O)([O-])OCC[N+](C)(C)C. The van der Waals surface area contributed by atoms with Gasteiger partial charge in [-0.25, -0.2) is 0 Å². The summed E-state index contributed by atoms with van der Waals surface area (Å²) in [5, 5.41) is 0. The van der Waals surface area contributed by atoms with Gasteiger partial charge in [-0.05, 0) is 57.8 Å². The molecular formula is C94H178NO8P. The lowest BCUT2D eigenvalue weighted by atomic mass is 10.0. The van der Waals surface area contributed by atoms with Crippen molar-refractivity contribution < 1.29 is 42.1 Å². The molecule has 0 N–H and O–H groups in total. The molecule has 0 rings (SSSR count). The third-order valence-electron chi connectivity index (χ3n) is 21.1. The van der Waals surface area contributed by atoms with Crippen molar-refractivity contribution in [1.29, 1.82) is 0 Å². The van der Waals surface area contributed by atoms with Gasteiger partial charge < -0.3 is 27.9 Å². The molecule has 0 radical (unpaired) electrons. The molecule has 0 aromatic heterocycles. The van der Waals surface area contributed by atoms with Crippen LogP contribution in [0.3, 0.4) is 0 Å². The molecule has 2 atom stereocenters. The Hall–Kier alpha value is -2.29. The molecule has 0 fully saturated rings. The van der Waals surface area contributed by atoms with E-state index in [1.807, 2.05) is 21.1 Å². The molecule has 0 aliphatic carbocycles. The van der Waals surface area contributed by atoms with Gasteiger partial charge in [-0.3, -0.25) is 14.2 Å². The minimum absolute atomic E-state index is 0.0276. The highest BCUT2D eigenvalue weighted by Crippen LogP contribution is 2.38. The number of hydrogen-bond acceptors (Lipinski definition) is 8. The van der Waals surface area contributed by atoms with Crippen LogP contribution < -0.4 is 4.89 Å². The quantitative estimate of drug-likeness (QED) is 0.0195. The lowest BCUT2D eigenvalue weighted by Gasteiger charge is -2.28. The second-order valence-corrected chi connectivity index (χ2v) is 34.1. The summed E-state index contributed by atoms with van der Waals surface area (Å²) < 4.78 is 34.5. The van der Waals surface area contributed by atoms with Gasteiger partial charge >= 0.3 is 11.9 Å². The van der Waals surface area contributed by atoms with Crippen molar-refractivity contribution in [2.24, 2.45) is 0 Å². The van der Waals surface area contributed by atoms with Crippen LogP contribution >= 0.6 is 7.82 Å². The molecule has 0 aromatic rings. The van der Waals surface area contributed by atoms with E-state index in [0.717, 1.165) is 64.2 Å². The molecule has 0 aliphatic rings. The van der Waals surface area contributed by atoms with Crippen LogP contribution in [-0.2, 0) is 32.7 Å². The molecule has 0 spiro atoms. The van der Waals surface area contributed by atoms with Crippen LogP contribution in [0.2, 0.25) is 0 Å². The van der Waals surface area contributed by atoms with E-state index in [0.29, 0.717) is 17.4 Å². The molecule has 0 aromatic carbocycles. The smallest absolute Gasteiger partial charge is 0.306 e. The van der Waals surface area contributed by atoms with Crippen molar-refractivity contribution in [1.82, 2.24) is 0 Å². The highest BCUT2D eigenvalue weighted by atomic mass is 31.2. The van der Waals surface area contributed by atoms with E-state index in [2.05, 4.69) is 74.6 Å². The van der Waals surface area contributed by atoms with Crippen molar-refractivity contribution in [3.63, 3.8) is 0 Å². The van der Waals surface area contributed by atoms with Crippen LogP contribution in [0, 0.1) is 0 Å². The summed E-state index contributed by atoms with van der Waals surface area (Å²) in [5.41, 5.74) is 0. The Kier molecular flexibility index (Phi) is 82.9. The molecule has 0 aliphatic heterocycles. The number of unbranched alkanes of at least 4 members (excludes halogenated alkanes) is 63. The second-order valence-electron chi connectivity index (χ2n) is 32.7. The van der Waals surface area contributed by atoms with Crippen molar-refractivity contribution >= 4 is 19.8 Å². The molecule has 10 heteroatoms. The van der Waals surface area contributed by atoms with Crippen LogP contribution in [-0.4, -0.2) is 70.0 Å². The summed E-state index contributed by atoms with van der Waals surface area (Å²) >= 11 is 0. The average molecular weight is 1480 g/mol. The van der Waals surface area contributed by atoms with Gasteiger partial charge in [-0.2, -0.15) is 0 Å². The van der Waals surface area contributed by atoms with E-state index < -0.39 is 26.5 Å². The lowest BCUT2D eigenvalue weighted by molar-refractivity contribution is -0.870. The Balaban J connectivity index is 3.82. The largest absolute Gasteiger partial charge is 0.756 e. The van der Waals surface area contributed by atoms with Crippen LogP contribution in [0.1, 0.15) is 476 Å². The molecule has 0 saturated heterocycles. The first-order chi connectivity index (χ1) is 51.0. The van der Waals surface area contributed by atoms with E-state index in [1.54, 1.807) is 0 Å². The zero-order valence-electron chi connectivity index (χ0n) is 70.3. The summed E-state index contributed by atoms with van der Waals surface area (Å²) in [7, 11) is 1.19. The number of hydrogen-bond donors (Lipinski definition) is 0. The van der Waals surface area contributed by atoms with E-state index in [-0.39, 0.29) is 32.0 Å². The van der Waals surface area contributed by atoms with Gasteiger partial charge in [0.05, 0.1) is 27.7 Å². The maximum absolute atomic E-state index is 12.9. The molecule has 2 unspecified atom stereocenters. The maximum Gasteiger partial charge on any atom is 0.306 e. The van der Waals surface area contributed by atoms with Gasteiger partial charge in [-0.1, -0.05) is 466 Å². The van der Waals surface area contributed by atoms with Crippen molar-refractivity contribution in [3.8, 4) is 0 Å². The molecule has 0 bridgehead atoms. The van der Waals surface area contributed by atoms with E-state index in [4.69, 9.17) is 18.5 Å². The van der Waals surface area contributed by atoms with Gasteiger partial charge in [0, 0.05) is 12.8 Å². The molecular weight excluding hydrogens is 1300 g/mol. The molecule has 612 valence electrons. The van der Waals surface area contributed by atoms with Crippen molar-refractivity contribution in [2.45, 2.75) is 482 Å². The number of carbonyl (C=O) groups is 2. The summed E-state index contributed by atoms with van der Waals surface area (Å²) in [6, 6.07) is 0. The summed E-state index contributed by atoms with van der Waals surface area (Å²) in [6.07, 6.45) is 116. The number of phosphoric ester groups is 1. The highest BCUT2D eigenvalue weighted by molar-refractivity contribution is 7.45. The predicted molar refractivity (Wildman–Crippen MR) is 453 cm³/mol. The normalized spacial score (nSPS) is 13.2. The van der Waals surface area contributed by atoms with Crippen molar-refractivity contribution in [3.05, 3.63) is 60.8 Å². The fraction of sp³-hybridized carbons (Fsp3) is 0.872. The number of esters is 2. The first-order valence-corrected chi connectivity index (χ1v) is 47.5. The third-order valence-corrected chi connectivity index (χ3v) is 22.0. The fourth-order valence-corrected chi connectivity index (χ4v) is 14.8. The standard InChI is InChI=1S/C94H178NO8P/c1-6-8-10-12-14-16-18-20-22-24-26-28-30-32-34-36-38-40-42-44-46-47-49-50-52-54-56-58-60-62-64-66-68-70-72-74-76-78-80-82-84-86-93(96)100-90-92(91-102-104(98,99)101-89-88-95(3,4)5)103-94(97)87-85-83-81-79-77-75-73-71-69-67-65-63-61-59-57-55-53-51-48-45-43-41-39-37-35-33-31-29-27-25-23-21-19-17-15-13-11-9-7-2/h9,11,15,17,21,23,27,29,33,35,92H,6-8,10,12-14,16,18-20,22,24-26,28,30-32,34,36-91H2,1-5H3/b11-9-,17-15-,23-21-,29-27-,35-33-. The van der Waals surface area contributed by atoms with Crippen molar-refractivity contribution in [2.75, 3.05) is 47.5 Å². The Bertz CT molecular complexity index is 1940. The Labute approximate surface area is 648 Å². The molecule has 0 amide bonds. The van der Waals surface area contributed by atoms with Gasteiger partial charge in [0.2, 0.25) is 0 Å². The number of rotatable bonds is 87. The first-order valence-electron chi connectivity index (χ1n) is 46.0. The predicted octanol–water partition coefficient (Wildman–Crippen LogP) is 30.6. The monoisotopic (exact) mass is 1480 g/mol. The second kappa shape index (κ2) is 84.7. The number of phosphoric acid groups is 1. The fourth-order valence-electron chi connectivity index (χ4n) is 14.1. The topological polar surface area (TPSA) is 111 Å². The minimum Gasteiger partial charge on any atom is -0.756 e. The Morgan fingerprint density at radius 3 is 0.817 bits per heavy atom. The number of likely N-dealkylation sites (N-methyl/N-ethyl adjacent to an activating group) is 1. The molecule has 9 nitrogen and oxygen atoms in total. The van der Waals surface area contributed by atoms with Crippen LogP contribution in [0.4, 0.5) is 0 Å². The number of allylic oxidation sites excluding steroid dienone is 10. The molecule has 0 heterocycles. The van der Waals surface area contributed by atoms with Gasteiger partial charge in [-0.15, -0.1) is 0 Å². The van der Waals surface area contributed by atoms with Crippen LogP contribution in [0.25, 0.3) is 0 Å². The number of quaternary nitrogens is 1. The molecule has 104 heavy (non-hydrogen) atoms. The third kappa shape index (κ3) is 88.6. The van der Waals surface area contributed by atoms with Crippen LogP contribution in [0.5, 0.6) is 0 Å². The zero-order chi connectivity index (χ0) is 75.4. The molecule has 0 saturated carbocycles. The first kappa shape index (κ1) is 102. The summed E-state index contributed by atoms with van der Waals surface area (Å²) in [6.45, 7) is 4.22. The Morgan fingerprint density at radius 1 is 0.308 bits per heavy atom. The summed E-state index contributed by atoms with van der Waals surface area (Å²) in [4.78, 5) is 38.3. The van der Waals surface area contributed by atoms with Gasteiger partial charge in [0.25, 0.3) is 7.82 Å².